The van der Waals surface area contributed by atoms with E-state index in [9.17, 15) is 4.79 Å². The lowest BCUT2D eigenvalue weighted by Crippen LogP contribution is -2.38. The monoisotopic (exact) mass is 191 g/mol. The minimum atomic E-state index is 0.181. The Balaban J connectivity index is 1.85. The number of aromatic nitrogens is 1. The van der Waals surface area contributed by atoms with E-state index >= 15 is 0 Å². The summed E-state index contributed by atoms with van der Waals surface area (Å²) < 4.78 is 0. The van der Waals surface area contributed by atoms with E-state index in [2.05, 4.69) is 10.4 Å². The van der Waals surface area contributed by atoms with Gasteiger partial charge in [-0.1, -0.05) is 6.07 Å². The van der Waals surface area contributed by atoms with Gasteiger partial charge in [-0.3, -0.25) is 14.8 Å². The molecule has 0 aliphatic carbocycles. The van der Waals surface area contributed by atoms with Crippen molar-refractivity contribution in [2.75, 3.05) is 6.54 Å². The average Bonchev–Trinajstić information content (AvgIpc) is 2.63. The number of hydrogen-bond acceptors (Lipinski definition) is 3. The third-order valence-electron chi connectivity index (χ3n) is 2.25. The van der Waals surface area contributed by atoms with E-state index in [4.69, 9.17) is 0 Å². The van der Waals surface area contributed by atoms with Crippen LogP contribution in [0.2, 0.25) is 0 Å². The van der Waals surface area contributed by atoms with Gasteiger partial charge in [0.05, 0.1) is 12.2 Å². The van der Waals surface area contributed by atoms with Crippen LogP contribution < -0.4 is 5.43 Å². The summed E-state index contributed by atoms with van der Waals surface area (Å²) >= 11 is 0. The van der Waals surface area contributed by atoms with Gasteiger partial charge in [-0.05, 0) is 18.6 Å². The first-order valence-corrected chi connectivity index (χ1v) is 4.80. The molecule has 4 heteroatoms. The van der Waals surface area contributed by atoms with Crippen molar-refractivity contribution in [1.29, 1.82) is 0 Å². The highest BCUT2D eigenvalue weighted by atomic mass is 16.2. The van der Waals surface area contributed by atoms with Gasteiger partial charge in [-0.15, -0.1) is 0 Å². The van der Waals surface area contributed by atoms with Crippen molar-refractivity contribution in [3.63, 3.8) is 0 Å². The zero-order valence-corrected chi connectivity index (χ0v) is 7.94. The maximum absolute atomic E-state index is 11.2. The first-order valence-electron chi connectivity index (χ1n) is 4.80. The molecule has 0 unspecified atom stereocenters. The van der Waals surface area contributed by atoms with Crippen molar-refractivity contribution in [2.45, 2.75) is 19.4 Å². The summed E-state index contributed by atoms with van der Waals surface area (Å²) in [6.45, 7) is 1.43. The van der Waals surface area contributed by atoms with Gasteiger partial charge in [0.2, 0.25) is 5.91 Å². The van der Waals surface area contributed by atoms with E-state index in [0.29, 0.717) is 13.0 Å². The molecule has 1 amide bonds. The molecule has 4 nitrogen and oxygen atoms in total. The quantitative estimate of drug-likeness (QED) is 0.765. The van der Waals surface area contributed by atoms with Crippen LogP contribution in [0.4, 0.5) is 0 Å². The van der Waals surface area contributed by atoms with E-state index < -0.39 is 0 Å². The molecule has 0 bridgehead atoms. The van der Waals surface area contributed by atoms with Crippen LogP contribution >= 0.6 is 0 Å². The standard InChI is InChI=1S/C10H13N3O/c14-10-5-3-7-13(10)12-8-9-4-1-2-6-11-9/h1-2,4,6,12H,3,5,7-8H2. The van der Waals surface area contributed by atoms with E-state index in [1.807, 2.05) is 18.2 Å². The van der Waals surface area contributed by atoms with Gasteiger partial charge in [-0.2, -0.15) is 0 Å². The Morgan fingerprint density at radius 2 is 2.43 bits per heavy atom. The average molecular weight is 191 g/mol. The minimum Gasteiger partial charge on any atom is -0.278 e. The van der Waals surface area contributed by atoms with Crippen molar-refractivity contribution in [3.05, 3.63) is 30.1 Å². The molecule has 2 heterocycles. The molecule has 0 radical (unpaired) electrons. The number of amides is 1. The number of hydrazine groups is 1. The van der Waals surface area contributed by atoms with Gasteiger partial charge in [0, 0.05) is 19.2 Å². The summed E-state index contributed by atoms with van der Waals surface area (Å²) in [5, 5.41) is 1.68. The number of rotatable bonds is 3. The Morgan fingerprint density at radius 3 is 3.07 bits per heavy atom. The van der Waals surface area contributed by atoms with E-state index in [1.165, 1.54) is 0 Å². The third kappa shape index (κ3) is 2.09. The number of pyridine rings is 1. The van der Waals surface area contributed by atoms with Gasteiger partial charge in [0.25, 0.3) is 0 Å². The fourth-order valence-corrected chi connectivity index (χ4v) is 1.49. The Labute approximate surface area is 82.9 Å². The predicted octanol–water partition coefficient (Wildman–Crippen LogP) is 0.709. The largest absolute Gasteiger partial charge is 0.278 e. The smallest absolute Gasteiger partial charge is 0.236 e. The van der Waals surface area contributed by atoms with Gasteiger partial charge in [0.15, 0.2) is 0 Å². The van der Waals surface area contributed by atoms with Crippen LogP contribution in [0.5, 0.6) is 0 Å². The van der Waals surface area contributed by atoms with Gasteiger partial charge in [-0.25, -0.2) is 5.43 Å². The molecule has 2 rings (SSSR count). The van der Waals surface area contributed by atoms with Crippen molar-refractivity contribution >= 4 is 5.91 Å². The Kier molecular flexibility index (Phi) is 2.74. The summed E-state index contributed by atoms with van der Waals surface area (Å²) in [7, 11) is 0. The summed E-state index contributed by atoms with van der Waals surface area (Å²) in [5.74, 6) is 0.181. The molecule has 1 aliphatic rings. The van der Waals surface area contributed by atoms with Crippen LogP contribution in [-0.4, -0.2) is 22.4 Å². The lowest BCUT2D eigenvalue weighted by atomic mass is 10.3. The Bertz CT molecular complexity index is 312. The van der Waals surface area contributed by atoms with Gasteiger partial charge < -0.3 is 0 Å². The molecule has 1 aromatic rings. The fraction of sp³-hybridized carbons (Fsp3) is 0.400. The second-order valence-electron chi connectivity index (χ2n) is 3.30. The van der Waals surface area contributed by atoms with E-state index in [1.54, 1.807) is 11.2 Å². The van der Waals surface area contributed by atoms with Gasteiger partial charge in [0.1, 0.15) is 0 Å². The zero-order chi connectivity index (χ0) is 9.80. The Hall–Kier alpha value is -1.42. The Morgan fingerprint density at radius 1 is 1.50 bits per heavy atom. The van der Waals surface area contributed by atoms with Crippen LogP contribution in [0, 0.1) is 0 Å². The molecule has 74 valence electrons. The molecule has 14 heavy (non-hydrogen) atoms. The van der Waals surface area contributed by atoms with Crippen LogP contribution in [0.25, 0.3) is 0 Å². The molecule has 1 N–H and O–H groups in total. The van der Waals surface area contributed by atoms with Crippen LogP contribution in [0.15, 0.2) is 24.4 Å². The van der Waals surface area contributed by atoms with Crippen molar-refractivity contribution in [2.24, 2.45) is 0 Å². The first-order chi connectivity index (χ1) is 6.86. The first kappa shape index (κ1) is 9.15. The van der Waals surface area contributed by atoms with Crippen LogP contribution in [0.1, 0.15) is 18.5 Å². The van der Waals surface area contributed by atoms with Crippen molar-refractivity contribution in [3.8, 4) is 0 Å². The second kappa shape index (κ2) is 4.19. The summed E-state index contributed by atoms with van der Waals surface area (Å²) in [5.41, 5.74) is 4.02. The molecule has 1 aliphatic heterocycles. The highest BCUT2D eigenvalue weighted by molar-refractivity contribution is 5.77. The molecule has 1 fully saturated rings. The number of carbonyl (C=O) groups excluding carboxylic acids is 1. The van der Waals surface area contributed by atoms with E-state index in [-0.39, 0.29) is 5.91 Å². The molecular weight excluding hydrogens is 178 g/mol. The SMILES string of the molecule is O=C1CCCN1NCc1ccccn1. The molecular formula is C10H13N3O. The number of hydrogen-bond donors (Lipinski definition) is 1. The number of nitrogens with zero attached hydrogens (tertiary/aromatic N) is 2. The van der Waals surface area contributed by atoms with Crippen LogP contribution in [0.3, 0.4) is 0 Å². The highest BCUT2D eigenvalue weighted by Crippen LogP contribution is 2.06. The lowest BCUT2D eigenvalue weighted by molar-refractivity contribution is -0.130. The fourth-order valence-electron chi connectivity index (χ4n) is 1.49. The van der Waals surface area contributed by atoms with Gasteiger partial charge >= 0.3 is 0 Å². The molecule has 1 saturated heterocycles. The third-order valence-corrected chi connectivity index (χ3v) is 2.25. The maximum atomic E-state index is 11.2. The van der Waals surface area contributed by atoms with Crippen molar-refractivity contribution in [1.82, 2.24) is 15.4 Å². The highest BCUT2D eigenvalue weighted by Gasteiger charge is 2.19. The molecule has 0 aromatic carbocycles. The van der Waals surface area contributed by atoms with Crippen molar-refractivity contribution < 1.29 is 4.79 Å². The minimum absolute atomic E-state index is 0.181. The normalized spacial score (nSPS) is 16.3. The molecule has 0 spiro atoms. The summed E-state index contributed by atoms with van der Waals surface area (Å²) in [6.07, 6.45) is 3.37. The number of nitrogens with one attached hydrogen (secondary N) is 1. The summed E-state index contributed by atoms with van der Waals surface area (Å²) in [6, 6.07) is 5.76. The summed E-state index contributed by atoms with van der Waals surface area (Å²) in [4.78, 5) is 15.4. The second-order valence-corrected chi connectivity index (χ2v) is 3.30. The zero-order valence-electron chi connectivity index (χ0n) is 7.94. The lowest BCUT2D eigenvalue weighted by Gasteiger charge is -2.16. The van der Waals surface area contributed by atoms with E-state index in [0.717, 1.165) is 18.7 Å². The maximum Gasteiger partial charge on any atom is 0.236 e. The molecule has 1 aromatic heterocycles. The topological polar surface area (TPSA) is 45.2 Å². The molecule has 0 atom stereocenters. The van der Waals surface area contributed by atoms with Crippen LogP contribution in [-0.2, 0) is 11.3 Å². The molecule has 0 saturated carbocycles. The predicted molar refractivity (Wildman–Crippen MR) is 52.0 cm³/mol. The number of carbonyl (C=O) groups is 1.